The average molecular weight is 297 g/mol. The molecule has 0 amide bonds. The Morgan fingerprint density at radius 3 is 2.35 bits per heavy atom. The van der Waals surface area contributed by atoms with Crippen LogP contribution in [0.3, 0.4) is 0 Å². The predicted molar refractivity (Wildman–Crippen MR) is 78.4 cm³/mol. The molecule has 1 aliphatic carbocycles. The van der Waals surface area contributed by atoms with Crippen LogP contribution in [-0.2, 0) is 10.0 Å². The average Bonchev–Trinajstić information content (AvgIpc) is 2.48. The highest BCUT2D eigenvalue weighted by molar-refractivity contribution is 7.93. The Hall–Kier alpha value is -1.76. The van der Waals surface area contributed by atoms with Crippen LogP contribution in [0.25, 0.3) is 0 Å². The van der Waals surface area contributed by atoms with Crippen LogP contribution >= 0.6 is 0 Å². The molecule has 1 saturated carbocycles. The Morgan fingerprint density at radius 1 is 1.20 bits per heavy atom. The molecule has 0 saturated heterocycles. The lowest BCUT2D eigenvalue weighted by Gasteiger charge is -2.22. The lowest BCUT2D eigenvalue weighted by atomic mass is 10.0. The van der Waals surface area contributed by atoms with Crippen molar-refractivity contribution in [2.45, 2.75) is 37.4 Å². The van der Waals surface area contributed by atoms with Gasteiger partial charge in [0, 0.05) is 11.3 Å². The van der Waals surface area contributed by atoms with E-state index in [1.54, 1.807) is 24.3 Å². The largest absolute Gasteiger partial charge is 0.409 e. The number of nitrogens with zero attached hydrogens (tertiary/aromatic N) is 1. The van der Waals surface area contributed by atoms with Gasteiger partial charge in [-0.15, -0.1) is 0 Å². The molecule has 0 unspecified atom stereocenters. The monoisotopic (exact) mass is 297 g/mol. The first-order chi connectivity index (χ1) is 9.53. The molecule has 6 nitrogen and oxygen atoms in total. The molecule has 0 radical (unpaired) electrons. The minimum absolute atomic E-state index is 0.00770. The number of hydrogen-bond donors (Lipinski definition) is 3. The number of benzene rings is 1. The van der Waals surface area contributed by atoms with Crippen molar-refractivity contribution >= 4 is 21.5 Å². The fourth-order valence-corrected chi connectivity index (χ4v) is 3.98. The summed E-state index contributed by atoms with van der Waals surface area (Å²) in [5.41, 5.74) is 6.48. The van der Waals surface area contributed by atoms with Crippen molar-refractivity contribution in [3.05, 3.63) is 29.8 Å². The van der Waals surface area contributed by atoms with E-state index in [9.17, 15) is 8.42 Å². The molecular formula is C13H19N3O3S. The number of anilines is 1. The second-order valence-electron chi connectivity index (χ2n) is 4.97. The molecule has 0 bridgehead atoms. The van der Waals surface area contributed by atoms with Crippen molar-refractivity contribution in [2.75, 3.05) is 4.72 Å². The first-order valence-corrected chi connectivity index (χ1v) is 8.17. The first kappa shape index (κ1) is 14.6. The van der Waals surface area contributed by atoms with E-state index in [0.717, 1.165) is 32.1 Å². The van der Waals surface area contributed by atoms with Gasteiger partial charge >= 0.3 is 0 Å². The van der Waals surface area contributed by atoms with Gasteiger partial charge in [-0.05, 0) is 37.1 Å². The summed E-state index contributed by atoms with van der Waals surface area (Å²) in [6, 6.07) is 6.42. The van der Waals surface area contributed by atoms with Crippen molar-refractivity contribution in [3.8, 4) is 0 Å². The van der Waals surface area contributed by atoms with Gasteiger partial charge in [-0.3, -0.25) is 4.72 Å². The second-order valence-corrected chi connectivity index (χ2v) is 6.93. The lowest BCUT2D eigenvalue weighted by molar-refractivity contribution is 0.318. The minimum Gasteiger partial charge on any atom is -0.409 e. The third-order valence-electron chi connectivity index (χ3n) is 3.54. The zero-order chi connectivity index (χ0) is 14.6. The number of rotatable bonds is 4. The predicted octanol–water partition coefficient (Wildman–Crippen LogP) is 1.86. The van der Waals surface area contributed by atoms with Gasteiger partial charge in [-0.2, -0.15) is 0 Å². The van der Waals surface area contributed by atoms with Crippen LogP contribution in [0.1, 0.15) is 37.7 Å². The standard InChI is InChI=1S/C13H19N3O3S/c14-13(15-17)10-6-8-11(9-7-10)16-20(18,19)12-4-2-1-3-5-12/h6-9,12,16-17H,1-5H2,(H2,14,15). The summed E-state index contributed by atoms with van der Waals surface area (Å²) in [4.78, 5) is 0. The van der Waals surface area contributed by atoms with E-state index in [1.165, 1.54) is 0 Å². The molecule has 0 aliphatic heterocycles. The minimum atomic E-state index is -3.34. The molecule has 1 aliphatic rings. The van der Waals surface area contributed by atoms with Gasteiger partial charge in [0.15, 0.2) is 5.84 Å². The van der Waals surface area contributed by atoms with Gasteiger partial charge in [-0.25, -0.2) is 8.42 Å². The molecule has 0 spiro atoms. The zero-order valence-electron chi connectivity index (χ0n) is 11.1. The molecule has 1 fully saturated rings. The van der Waals surface area contributed by atoms with Crippen LogP contribution in [0.4, 0.5) is 5.69 Å². The van der Waals surface area contributed by atoms with E-state index in [2.05, 4.69) is 9.88 Å². The Balaban J connectivity index is 2.09. The van der Waals surface area contributed by atoms with Crippen LogP contribution in [0.5, 0.6) is 0 Å². The molecule has 2 rings (SSSR count). The third-order valence-corrected chi connectivity index (χ3v) is 5.41. The van der Waals surface area contributed by atoms with Crippen molar-refractivity contribution in [1.82, 2.24) is 0 Å². The van der Waals surface area contributed by atoms with Crippen molar-refractivity contribution in [1.29, 1.82) is 0 Å². The van der Waals surface area contributed by atoms with Crippen molar-refractivity contribution < 1.29 is 13.6 Å². The van der Waals surface area contributed by atoms with Gasteiger partial charge < -0.3 is 10.9 Å². The normalized spacial score (nSPS) is 17.9. The summed E-state index contributed by atoms with van der Waals surface area (Å²) in [6.45, 7) is 0. The summed E-state index contributed by atoms with van der Waals surface area (Å²) in [6.07, 6.45) is 4.48. The molecule has 110 valence electrons. The summed E-state index contributed by atoms with van der Waals surface area (Å²) in [5, 5.41) is 11.2. The van der Waals surface area contributed by atoms with E-state index in [-0.39, 0.29) is 11.1 Å². The van der Waals surface area contributed by atoms with Gasteiger partial charge in [-0.1, -0.05) is 24.4 Å². The molecule has 20 heavy (non-hydrogen) atoms. The molecule has 0 atom stereocenters. The lowest BCUT2D eigenvalue weighted by Crippen LogP contribution is -2.29. The third kappa shape index (κ3) is 3.41. The van der Waals surface area contributed by atoms with Gasteiger partial charge in [0.25, 0.3) is 0 Å². The highest BCUT2D eigenvalue weighted by atomic mass is 32.2. The SMILES string of the molecule is N/C(=N/O)c1ccc(NS(=O)(=O)C2CCCCC2)cc1. The Morgan fingerprint density at radius 2 is 1.80 bits per heavy atom. The van der Waals surface area contributed by atoms with Crippen LogP contribution in [0.2, 0.25) is 0 Å². The number of hydrogen-bond acceptors (Lipinski definition) is 4. The molecule has 7 heteroatoms. The van der Waals surface area contributed by atoms with Crippen LogP contribution in [0, 0.1) is 0 Å². The second kappa shape index (κ2) is 6.13. The first-order valence-electron chi connectivity index (χ1n) is 6.62. The molecule has 1 aromatic rings. The number of sulfonamides is 1. The molecule has 4 N–H and O–H groups in total. The highest BCUT2D eigenvalue weighted by Crippen LogP contribution is 2.25. The highest BCUT2D eigenvalue weighted by Gasteiger charge is 2.27. The maximum Gasteiger partial charge on any atom is 0.235 e. The van der Waals surface area contributed by atoms with E-state index in [1.807, 2.05) is 0 Å². The maximum absolute atomic E-state index is 12.2. The maximum atomic E-state index is 12.2. The van der Waals surface area contributed by atoms with Gasteiger partial charge in [0.2, 0.25) is 10.0 Å². The molecule has 0 heterocycles. The van der Waals surface area contributed by atoms with Crippen LogP contribution in [0.15, 0.2) is 29.4 Å². The summed E-state index contributed by atoms with van der Waals surface area (Å²) in [5.74, 6) is -0.00770. The van der Waals surface area contributed by atoms with Crippen LogP contribution < -0.4 is 10.5 Å². The number of amidine groups is 1. The van der Waals surface area contributed by atoms with Crippen molar-refractivity contribution in [2.24, 2.45) is 10.9 Å². The summed E-state index contributed by atoms with van der Waals surface area (Å²) < 4.78 is 27.1. The summed E-state index contributed by atoms with van der Waals surface area (Å²) >= 11 is 0. The topological polar surface area (TPSA) is 105 Å². The summed E-state index contributed by atoms with van der Waals surface area (Å²) in [7, 11) is -3.34. The van der Waals surface area contributed by atoms with E-state index < -0.39 is 10.0 Å². The van der Waals surface area contributed by atoms with E-state index in [0.29, 0.717) is 11.3 Å². The number of oxime groups is 1. The smallest absolute Gasteiger partial charge is 0.235 e. The Kier molecular flexibility index (Phi) is 4.49. The fourth-order valence-electron chi connectivity index (χ4n) is 2.39. The van der Waals surface area contributed by atoms with Crippen molar-refractivity contribution in [3.63, 3.8) is 0 Å². The number of nitrogens with one attached hydrogen (secondary N) is 1. The van der Waals surface area contributed by atoms with Gasteiger partial charge in [0.05, 0.1) is 5.25 Å². The fraction of sp³-hybridized carbons (Fsp3) is 0.462. The van der Waals surface area contributed by atoms with Crippen LogP contribution in [-0.4, -0.2) is 24.7 Å². The van der Waals surface area contributed by atoms with E-state index in [4.69, 9.17) is 10.9 Å². The molecule has 1 aromatic carbocycles. The number of nitrogens with two attached hydrogens (primary N) is 1. The van der Waals surface area contributed by atoms with Gasteiger partial charge in [0.1, 0.15) is 0 Å². The zero-order valence-corrected chi connectivity index (χ0v) is 11.9. The van der Waals surface area contributed by atoms with E-state index >= 15 is 0 Å². The molecule has 0 aromatic heterocycles. The Bertz CT molecular complexity index is 575. The quantitative estimate of drug-likeness (QED) is 0.341. The molecular weight excluding hydrogens is 278 g/mol. The Labute approximate surface area is 118 Å².